The monoisotopic (exact) mass is 337 g/mol. The lowest BCUT2D eigenvalue weighted by atomic mass is 10.0. The van der Waals surface area contributed by atoms with Crippen LogP contribution in [0.2, 0.25) is 0 Å². The molecule has 4 nitrogen and oxygen atoms in total. The van der Waals surface area contributed by atoms with Crippen LogP contribution < -0.4 is 10.1 Å². The Bertz CT molecular complexity index is 568. The fourth-order valence-electron chi connectivity index (χ4n) is 2.26. The molecule has 0 saturated heterocycles. The van der Waals surface area contributed by atoms with Crippen LogP contribution in [-0.4, -0.2) is 23.4 Å². The van der Waals surface area contributed by atoms with Gasteiger partial charge in [0.25, 0.3) is 0 Å². The molecule has 0 aliphatic heterocycles. The topological polar surface area (TPSA) is 39.1 Å². The largest absolute Gasteiger partial charge is 0.493 e. The van der Waals surface area contributed by atoms with Crippen LogP contribution in [0.15, 0.2) is 34.9 Å². The highest BCUT2D eigenvalue weighted by atomic mass is 79.9. The van der Waals surface area contributed by atoms with Crippen molar-refractivity contribution in [2.45, 2.75) is 19.4 Å². The molecule has 0 aliphatic carbocycles. The predicted octanol–water partition coefficient (Wildman–Crippen LogP) is 3.28. The van der Waals surface area contributed by atoms with Crippen LogP contribution in [0, 0.1) is 0 Å². The molecule has 1 atom stereocenters. The van der Waals surface area contributed by atoms with Gasteiger partial charge >= 0.3 is 0 Å². The Kier molecular flexibility index (Phi) is 5.20. The van der Waals surface area contributed by atoms with Gasteiger partial charge in [-0.2, -0.15) is 5.10 Å². The van der Waals surface area contributed by atoms with Crippen LogP contribution in [0.25, 0.3) is 0 Å². The van der Waals surface area contributed by atoms with E-state index in [-0.39, 0.29) is 6.04 Å². The molecule has 0 saturated carbocycles. The van der Waals surface area contributed by atoms with E-state index in [2.05, 4.69) is 45.4 Å². The predicted molar refractivity (Wildman–Crippen MR) is 84.0 cm³/mol. The molecule has 1 aromatic carbocycles. The Morgan fingerprint density at radius 2 is 2.25 bits per heavy atom. The van der Waals surface area contributed by atoms with Crippen molar-refractivity contribution in [3.05, 3.63) is 46.2 Å². The number of methoxy groups -OCH3 is 1. The summed E-state index contributed by atoms with van der Waals surface area (Å²) < 4.78 is 8.38. The van der Waals surface area contributed by atoms with E-state index in [9.17, 15) is 0 Å². The highest BCUT2D eigenvalue weighted by Gasteiger charge is 2.22. The van der Waals surface area contributed by atoms with Crippen LogP contribution in [-0.2, 0) is 7.05 Å². The average Bonchev–Trinajstić information content (AvgIpc) is 2.81. The molecule has 1 heterocycles. The minimum absolute atomic E-state index is 0.0647. The molecule has 108 valence electrons. The maximum atomic E-state index is 5.44. The number of rotatable bonds is 6. The number of ether oxygens (including phenoxy) is 1. The van der Waals surface area contributed by atoms with E-state index in [4.69, 9.17) is 4.74 Å². The van der Waals surface area contributed by atoms with Gasteiger partial charge in [-0.25, -0.2) is 0 Å². The highest BCUT2D eigenvalue weighted by molar-refractivity contribution is 9.10. The van der Waals surface area contributed by atoms with Crippen molar-refractivity contribution in [3.63, 3.8) is 0 Å². The molecule has 20 heavy (non-hydrogen) atoms. The molecule has 5 heteroatoms. The molecular formula is C15H20BrN3O. The van der Waals surface area contributed by atoms with E-state index in [1.54, 1.807) is 13.3 Å². The summed E-state index contributed by atoms with van der Waals surface area (Å²) in [6, 6.07) is 8.38. The summed E-state index contributed by atoms with van der Waals surface area (Å²) in [7, 11) is 3.62. The minimum atomic E-state index is 0.0647. The van der Waals surface area contributed by atoms with E-state index in [0.29, 0.717) is 0 Å². The number of halogens is 1. The molecule has 2 rings (SSSR count). The maximum Gasteiger partial charge on any atom is 0.161 e. The van der Waals surface area contributed by atoms with E-state index in [0.717, 1.165) is 28.9 Å². The smallest absolute Gasteiger partial charge is 0.161 e. The van der Waals surface area contributed by atoms with Gasteiger partial charge < -0.3 is 10.1 Å². The number of aryl methyl sites for hydroxylation is 1. The molecule has 1 N–H and O–H groups in total. The van der Waals surface area contributed by atoms with Gasteiger partial charge in [-0.05, 0) is 30.7 Å². The van der Waals surface area contributed by atoms with E-state index in [1.165, 1.54) is 5.56 Å². The Hall–Kier alpha value is -1.33. The molecule has 0 radical (unpaired) electrons. The zero-order chi connectivity index (χ0) is 14.5. The van der Waals surface area contributed by atoms with Crippen LogP contribution >= 0.6 is 15.9 Å². The van der Waals surface area contributed by atoms with E-state index < -0.39 is 0 Å². The molecule has 0 bridgehead atoms. The molecule has 0 amide bonds. The fourth-order valence-corrected chi connectivity index (χ4v) is 2.68. The van der Waals surface area contributed by atoms with Crippen LogP contribution in [0.4, 0.5) is 0 Å². The first kappa shape index (κ1) is 15.1. The van der Waals surface area contributed by atoms with Gasteiger partial charge in [0.15, 0.2) is 5.75 Å². The summed E-state index contributed by atoms with van der Waals surface area (Å²) in [5, 5.41) is 7.87. The van der Waals surface area contributed by atoms with Gasteiger partial charge in [0.2, 0.25) is 0 Å². The Balaban J connectivity index is 2.44. The second kappa shape index (κ2) is 6.90. The standard InChI is InChI=1S/C15H20BrN3O/c1-4-8-17-14(11-6-5-7-12(16)9-11)15-13(20-3)10-18-19(15)2/h5-7,9-10,14,17H,4,8H2,1-3H3. The molecule has 1 aromatic heterocycles. The third kappa shape index (κ3) is 3.22. The number of aromatic nitrogens is 2. The van der Waals surface area contributed by atoms with Crippen molar-refractivity contribution in [2.24, 2.45) is 7.05 Å². The number of hydrogen-bond donors (Lipinski definition) is 1. The normalized spacial score (nSPS) is 12.4. The second-order valence-electron chi connectivity index (χ2n) is 4.66. The first-order valence-corrected chi connectivity index (χ1v) is 7.51. The van der Waals surface area contributed by atoms with Crippen LogP contribution in [0.1, 0.15) is 30.6 Å². The lowest BCUT2D eigenvalue weighted by Crippen LogP contribution is -2.25. The molecule has 0 aliphatic rings. The summed E-state index contributed by atoms with van der Waals surface area (Å²) in [6.07, 6.45) is 2.83. The van der Waals surface area contributed by atoms with Crippen molar-refractivity contribution in [1.29, 1.82) is 0 Å². The number of nitrogens with zero attached hydrogens (tertiary/aromatic N) is 2. The van der Waals surface area contributed by atoms with Crippen molar-refractivity contribution >= 4 is 15.9 Å². The summed E-state index contributed by atoms with van der Waals surface area (Å²) in [6.45, 7) is 3.09. The first-order valence-electron chi connectivity index (χ1n) is 6.72. The zero-order valence-corrected chi connectivity index (χ0v) is 13.6. The van der Waals surface area contributed by atoms with Crippen molar-refractivity contribution in [3.8, 4) is 5.75 Å². The van der Waals surface area contributed by atoms with Crippen molar-refractivity contribution in [1.82, 2.24) is 15.1 Å². The third-order valence-electron chi connectivity index (χ3n) is 3.22. The quantitative estimate of drug-likeness (QED) is 0.879. The summed E-state index contributed by atoms with van der Waals surface area (Å²) in [5.41, 5.74) is 2.23. The third-order valence-corrected chi connectivity index (χ3v) is 3.72. The van der Waals surface area contributed by atoms with Gasteiger partial charge in [-0.3, -0.25) is 4.68 Å². The van der Waals surface area contributed by atoms with E-state index >= 15 is 0 Å². The molecule has 1 unspecified atom stereocenters. The Morgan fingerprint density at radius 3 is 2.90 bits per heavy atom. The molecular weight excluding hydrogens is 318 g/mol. The minimum Gasteiger partial charge on any atom is -0.493 e. The molecule has 2 aromatic rings. The summed E-state index contributed by atoms with van der Waals surface area (Å²) in [4.78, 5) is 0. The average molecular weight is 338 g/mol. The fraction of sp³-hybridized carbons (Fsp3) is 0.400. The summed E-state index contributed by atoms with van der Waals surface area (Å²) >= 11 is 3.53. The van der Waals surface area contributed by atoms with Gasteiger partial charge in [-0.15, -0.1) is 0 Å². The molecule has 0 fully saturated rings. The van der Waals surface area contributed by atoms with Gasteiger partial charge in [0.05, 0.1) is 19.3 Å². The lowest BCUT2D eigenvalue weighted by Gasteiger charge is -2.20. The highest BCUT2D eigenvalue weighted by Crippen LogP contribution is 2.30. The Morgan fingerprint density at radius 1 is 1.45 bits per heavy atom. The van der Waals surface area contributed by atoms with Gasteiger partial charge in [0, 0.05) is 11.5 Å². The number of hydrogen-bond acceptors (Lipinski definition) is 3. The maximum absolute atomic E-state index is 5.44. The second-order valence-corrected chi connectivity index (χ2v) is 5.58. The first-order chi connectivity index (χ1) is 9.67. The van der Waals surface area contributed by atoms with Gasteiger partial charge in [-0.1, -0.05) is 35.0 Å². The Labute approximate surface area is 128 Å². The van der Waals surface area contributed by atoms with Crippen molar-refractivity contribution < 1.29 is 4.74 Å². The number of benzene rings is 1. The SMILES string of the molecule is CCCNC(c1cccc(Br)c1)c1c(OC)cnn1C. The van der Waals surface area contributed by atoms with Crippen LogP contribution in [0.5, 0.6) is 5.75 Å². The van der Waals surface area contributed by atoms with Gasteiger partial charge in [0.1, 0.15) is 5.69 Å². The van der Waals surface area contributed by atoms with Crippen molar-refractivity contribution in [2.75, 3.05) is 13.7 Å². The summed E-state index contributed by atoms with van der Waals surface area (Å²) in [5.74, 6) is 0.807. The molecule has 0 spiro atoms. The lowest BCUT2D eigenvalue weighted by molar-refractivity contribution is 0.400. The zero-order valence-electron chi connectivity index (χ0n) is 12.1. The van der Waals surface area contributed by atoms with E-state index in [1.807, 2.05) is 23.9 Å². The number of nitrogens with one attached hydrogen (secondary N) is 1. The van der Waals surface area contributed by atoms with Crippen LogP contribution in [0.3, 0.4) is 0 Å².